The highest BCUT2D eigenvalue weighted by molar-refractivity contribution is 5.92. The maximum absolute atomic E-state index is 14.2. The van der Waals surface area contributed by atoms with E-state index in [1.807, 2.05) is 39.0 Å². The number of hydrogen-bond acceptors (Lipinski definition) is 5. The first kappa shape index (κ1) is 33.7. The second kappa shape index (κ2) is 15.3. The zero-order chi connectivity index (χ0) is 29.8. The molecule has 1 aromatic carbocycles. The molecule has 0 radical (unpaired) electrons. The number of amides is 4. The van der Waals surface area contributed by atoms with Gasteiger partial charge in [0.15, 0.2) is 0 Å². The third-order valence-electron chi connectivity index (χ3n) is 5.72. The van der Waals surface area contributed by atoms with Crippen molar-refractivity contribution < 1.29 is 23.9 Å². The van der Waals surface area contributed by atoms with E-state index in [4.69, 9.17) is 10.5 Å². The summed E-state index contributed by atoms with van der Waals surface area (Å²) in [6, 6.07) is 5.20. The Hall–Kier alpha value is -3.36. The summed E-state index contributed by atoms with van der Waals surface area (Å²) in [6.07, 6.45) is 4.25. The van der Waals surface area contributed by atoms with Crippen LogP contribution in [0.1, 0.15) is 104 Å². The van der Waals surface area contributed by atoms with Crippen LogP contribution in [0, 0.1) is 0 Å². The highest BCUT2D eigenvalue weighted by atomic mass is 16.6. The lowest BCUT2D eigenvalue weighted by atomic mass is 9.98. The summed E-state index contributed by atoms with van der Waals surface area (Å²) in [5.41, 5.74) is 5.46. The van der Waals surface area contributed by atoms with Crippen molar-refractivity contribution in [3.8, 4) is 0 Å². The van der Waals surface area contributed by atoms with E-state index in [0.29, 0.717) is 12.0 Å². The Kier molecular flexibility index (Phi) is 13.2. The predicted molar refractivity (Wildman–Crippen MR) is 155 cm³/mol. The number of ether oxygens (including phenoxy) is 1. The van der Waals surface area contributed by atoms with E-state index in [0.717, 1.165) is 24.8 Å². The van der Waals surface area contributed by atoms with Crippen LogP contribution < -0.4 is 16.4 Å². The average molecular weight is 545 g/mol. The number of nitrogens with two attached hydrogens (primary N) is 1. The van der Waals surface area contributed by atoms with E-state index in [1.54, 1.807) is 32.9 Å². The molecule has 0 aliphatic rings. The number of alkyl carbamates (subject to hydrolysis) is 1. The van der Waals surface area contributed by atoms with E-state index in [9.17, 15) is 19.2 Å². The van der Waals surface area contributed by atoms with Crippen molar-refractivity contribution in [3.05, 3.63) is 42.0 Å². The van der Waals surface area contributed by atoms with Gasteiger partial charge >= 0.3 is 6.09 Å². The summed E-state index contributed by atoms with van der Waals surface area (Å²) >= 11 is 0. The molecule has 0 saturated carbocycles. The fourth-order valence-electron chi connectivity index (χ4n) is 4.04. The van der Waals surface area contributed by atoms with Crippen molar-refractivity contribution in [3.63, 3.8) is 0 Å². The van der Waals surface area contributed by atoms with Gasteiger partial charge in [0, 0.05) is 18.5 Å². The minimum Gasteiger partial charge on any atom is -0.444 e. The van der Waals surface area contributed by atoms with Crippen molar-refractivity contribution in [2.45, 2.75) is 110 Å². The molecule has 9 nitrogen and oxygen atoms in total. The van der Waals surface area contributed by atoms with Crippen LogP contribution in [-0.2, 0) is 19.1 Å². The topological polar surface area (TPSA) is 131 Å². The van der Waals surface area contributed by atoms with Gasteiger partial charge in [0.1, 0.15) is 17.7 Å². The van der Waals surface area contributed by atoms with Crippen molar-refractivity contribution in [1.29, 1.82) is 0 Å². The molecule has 0 bridgehead atoms. The first-order chi connectivity index (χ1) is 18.1. The second-order valence-corrected chi connectivity index (χ2v) is 11.8. The largest absolute Gasteiger partial charge is 0.444 e. The molecule has 0 aliphatic carbocycles. The zero-order valence-electron chi connectivity index (χ0n) is 24.8. The Bertz CT molecular complexity index is 994. The van der Waals surface area contributed by atoms with Gasteiger partial charge in [0.05, 0.1) is 0 Å². The standard InChI is InChI=1S/C30H48N4O5/c1-9-11-12-13-19-34(27(37)23(17-18-24(31)35)32-28(38)39-30(6,7)8)25(26(36)33-29(3,4)5)22-16-14-15-21(10-2)20-22/h10,14-16,20,23,25H,2,9,11-13,17-19H2,1,3-8H3,(H2,31,35)(H,32,38)(H,33,36). The molecule has 1 rings (SSSR count). The average Bonchev–Trinajstić information content (AvgIpc) is 2.80. The van der Waals surface area contributed by atoms with Crippen molar-refractivity contribution in [2.24, 2.45) is 5.73 Å². The molecule has 2 unspecified atom stereocenters. The smallest absolute Gasteiger partial charge is 0.408 e. The van der Waals surface area contributed by atoms with Crippen LogP contribution in [0.5, 0.6) is 0 Å². The molecule has 0 aliphatic heterocycles. The van der Waals surface area contributed by atoms with Gasteiger partial charge in [0.25, 0.3) is 0 Å². The third kappa shape index (κ3) is 12.8. The predicted octanol–water partition coefficient (Wildman–Crippen LogP) is 4.85. The van der Waals surface area contributed by atoms with Crippen LogP contribution in [0.3, 0.4) is 0 Å². The molecular weight excluding hydrogens is 496 g/mol. The first-order valence-corrected chi connectivity index (χ1v) is 13.7. The van der Waals surface area contributed by atoms with Crippen LogP contribution in [0.15, 0.2) is 30.8 Å². The van der Waals surface area contributed by atoms with Crippen molar-refractivity contribution in [2.75, 3.05) is 6.54 Å². The van der Waals surface area contributed by atoms with Crippen LogP contribution >= 0.6 is 0 Å². The molecule has 2 atom stereocenters. The molecule has 9 heteroatoms. The van der Waals surface area contributed by atoms with Gasteiger partial charge in [-0.15, -0.1) is 0 Å². The van der Waals surface area contributed by atoms with Crippen molar-refractivity contribution >= 4 is 29.9 Å². The van der Waals surface area contributed by atoms with Crippen LogP contribution in [0.4, 0.5) is 4.79 Å². The summed E-state index contributed by atoms with van der Waals surface area (Å²) < 4.78 is 5.38. The number of carbonyl (C=O) groups is 4. The zero-order valence-corrected chi connectivity index (χ0v) is 24.8. The number of nitrogens with one attached hydrogen (secondary N) is 2. The van der Waals surface area contributed by atoms with Gasteiger partial charge in [0.2, 0.25) is 17.7 Å². The van der Waals surface area contributed by atoms with E-state index in [1.165, 1.54) is 4.90 Å². The lowest BCUT2D eigenvalue weighted by molar-refractivity contribution is -0.143. The minimum atomic E-state index is -1.12. The summed E-state index contributed by atoms with van der Waals surface area (Å²) in [5.74, 6) is -1.44. The number of carbonyl (C=O) groups excluding carboxylic acids is 4. The number of nitrogens with zero attached hydrogens (tertiary/aromatic N) is 1. The Morgan fingerprint density at radius 1 is 1.08 bits per heavy atom. The number of unbranched alkanes of at least 4 members (excludes halogenated alkanes) is 3. The molecule has 4 N–H and O–H groups in total. The molecule has 218 valence electrons. The van der Waals surface area contributed by atoms with Crippen LogP contribution in [0.2, 0.25) is 0 Å². The maximum atomic E-state index is 14.2. The van der Waals surface area contributed by atoms with Crippen molar-refractivity contribution in [1.82, 2.24) is 15.5 Å². The van der Waals surface area contributed by atoms with Gasteiger partial charge in [-0.05, 0) is 71.6 Å². The van der Waals surface area contributed by atoms with E-state index < -0.39 is 41.1 Å². The summed E-state index contributed by atoms with van der Waals surface area (Å²) in [7, 11) is 0. The lowest BCUT2D eigenvalue weighted by Gasteiger charge is -2.36. The molecule has 0 aromatic heterocycles. The molecule has 0 spiro atoms. The van der Waals surface area contributed by atoms with Crippen LogP contribution in [-0.4, -0.2) is 52.4 Å². The van der Waals surface area contributed by atoms with Gasteiger partial charge in [-0.2, -0.15) is 0 Å². The molecule has 0 saturated heterocycles. The van der Waals surface area contributed by atoms with Gasteiger partial charge in [-0.3, -0.25) is 14.4 Å². The highest BCUT2D eigenvalue weighted by Gasteiger charge is 2.37. The fraction of sp³-hybridized carbons (Fsp3) is 0.600. The summed E-state index contributed by atoms with van der Waals surface area (Å²) in [5, 5.41) is 5.63. The Morgan fingerprint density at radius 3 is 2.28 bits per heavy atom. The monoisotopic (exact) mass is 544 g/mol. The Morgan fingerprint density at radius 2 is 1.74 bits per heavy atom. The number of primary amides is 1. The Balaban J connectivity index is 3.59. The third-order valence-corrected chi connectivity index (χ3v) is 5.72. The normalized spacial score (nSPS) is 13.1. The van der Waals surface area contributed by atoms with Gasteiger partial charge in [-0.1, -0.05) is 57.0 Å². The SMILES string of the molecule is C=Cc1cccc(C(C(=O)NC(C)(C)C)N(CCCCCC)C(=O)C(CCC(N)=O)NC(=O)OC(C)(C)C)c1. The molecule has 0 fully saturated rings. The molecular formula is C30H48N4O5. The molecule has 39 heavy (non-hydrogen) atoms. The van der Waals surface area contributed by atoms with Gasteiger partial charge in [-0.25, -0.2) is 4.79 Å². The highest BCUT2D eigenvalue weighted by Crippen LogP contribution is 2.26. The number of hydrogen-bond donors (Lipinski definition) is 3. The Labute approximate surface area is 233 Å². The summed E-state index contributed by atoms with van der Waals surface area (Å²) in [6.45, 7) is 17.0. The fourth-order valence-corrected chi connectivity index (χ4v) is 4.04. The molecule has 4 amide bonds. The van der Waals surface area contributed by atoms with E-state index in [2.05, 4.69) is 24.1 Å². The summed E-state index contributed by atoms with van der Waals surface area (Å²) in [4.78, 5) is 53.7. The van der Waals surface area contributed by atoms with E-state index >= 15 is 0 Å². The van der Waals surface area contributed by atoms with Gasteiger partial charge < -0.3 is 26.0 Å². The lowest BCUT2D eigenvalue weighted by Crippen LogP contribution is -2.55. The molecule has 0 heterocycles. The number of rotatable bonds is 14. The van der Waals surface area contributed by atoms with E-state index in [-0.39, 0.29) is 25.3 Å². The maximum Gasteiger partial charge on any atom is 0.408 e. The number of benzene rings is 1. The van der Waals surface area contributed by atoms with Crippen LogP contribution in [0.25, 0.3) is 6.08 Å². The quantitative estimate of drug-likeness (QED) is 0.288. The molecule has 1 aromatic rings. The first-order valence-electron chi connectivity index (χ1n) is 13.7. The minimum absolute atomic E-state index is 0.0286. The second-order valence-electron chi connectivity index (χ2n) is 11.8.